The first kappa shape index (κ1) is 9.64. The largest absolute Gasteiger partial charge is 0.396 e. The molecule has 1 fully saturated rings. The average Bonchev–Trinajstić information content (AvgIpc) is 2.26. The van der Waals surface area contributed by atoms with Crippen LogP contribution in [0.2, 0.25) is 0 Å². The van der Waals surface area contributed by atoms with Crippen molar-refractivity contribution in [2.75, 3.05) is 6.61 Å². The zero-order valence-electron chi connectivity index (χ0n) is 7.32. The lowest BCUT2D eigenvalue weighted by atomic mass is 10.2. The molecule has 1 saturated heterocycles. The minimum atomic E-state index is -0.703. The van der Waals surface area contributed by atoms with E-state index in [1.54, 1.807) is 13.8 Å². The maximum absolute atomic E-state index is 10.5. The minimum absolute atomic E-state index is 0.00838. The van der Waals surface area contributed by atoms with Crippen LogP contribution in [-0.4, -0.2) is 36.0 Å². The molecule has 0 aromatic carbocycles. The van der Waals surface area contributed by atoms with Crippen molar-refractivity contribution in [1.29, 1.82) is 0 Å². The number of carbonyl (C=O) groups excluding carboxylic acids is 1. The molecule has 0 radical (unpaired) electrons. The lowest BCUT2D eigenvalue weighted by Crippen LogP contribution is -2.24. The zero-order chi connectivity index (χ0) is 9.19. The number of aliphatic hydroxyl groups excluding tert-OH is 1. The van der Waals surface area contributed by atoms with Gasteiger partial charge in [-0.15, -0.1) is 0 Å². The SMILES string of the molecule is CC1(C)O[C@@H](CCO)[C@@H](C=O)O1. The molecule has 1 aliphatic rings. The van der Waals surface area contributed by atoms with E-state index >= 15 is 0 Å². The molecule has 0 bridgehead atoms. The van der Waals surface area contributed by atoms with Crippen molar-refractivity contribution in [2.24, 2.45) is 0 Å². The van der Waals surface area contributed by atoms with Crippen LogP contribution in [0.4, 0.5) is 0 Å². The summed E-state index contributed by atoms with van der Waals surface area (Å²) in [7, 11) is 0. The number of aliphatic hydroxyl groups is 1. The van der Waals surface area contributed by atoms with E-state index in [0.717, 1.165) is 6.29 Å². The van der Waals surface area contributed by atoms with Crippen molar-refractivity contribution in [3.05, 3.63) is 0 Å². The van der Waals surface area contributed by atoms with Crippen LogP contribution in [0.5, 0.6) is 0 Å². The number of hydrogen-bond donors (Lipinski definition) is 1. The number of ether oxygens (including phenoxy) is 2. The van der Waals surface area contributed by atoms with Gasteiger partial charge in [-0.05, 0) is 20.3 Å². The fraction of sp³-hybridized carbons (Fsp3) is 0.875. The molecule has 0 aliphatic carbocycles. The van der Waals surface area contributed by atoms with Crippen molar-refractivity contribution in [3.63, 3.8) is 0 Å². The number of hydrogen-bond acceptors (Lipinski definition) is 4. The van der Waals surface area contributed by atoms with E-state index in [2.05, 4.69) is 0 Å². The van der Waals surface area contributed by atoms with Gasteiger partial charge in [0.1, 0.15) is 6.10 Å². The summed E-state index contributed by atoms with van der Waals surface area (Å²) in [5.74, 6) is -0.703. The summed E-state index contributed by atoms with van der Waals surface area (Å²) in [4.78, 5) is 10.5. The van der Waals surface area contributed by atoms with Gasteiger partial charge in [-0.25, -0.2) is 0 Å². The molecule has 4 nitrogen and oxygen atoms in total. The number of aldehydes is 1. The number of carbonyl (C=O) groups is 1. The van der Waals surface area contributed by atoms with E-state index < -0.39 is 11.9 Å². The van der Waals surface area contributed by atoms with E-state index in [1.807, 2.05) is 0 Å². The third kappa shape index (κ3) is 2.03. The molecule has 1 rings (SSSR count). The van der Waals surface area contributed by atoms with Gasteiger partial charge in [0.05, 0.1) is 6.10 Å². The van der Waals surface area contributed by atoms with Crippen LogP contribution in [0.15, 0.2) is 0 Å². The monoisotopic (exact) mass is 174 g/mol. The molecule has 1 aliphatic heterocycles. The fourth-order valence-electron chi connectivity index (χ4n) is 1.33. The van der Waals surface area contributed by atoms with E-state index in [-0.39, 0.29) is 12.7 Å². The van der Waals surface area contributed by atoms with Gasteiger partial charge in [0.15, 0.2) is 12.1 Å². The lowest BCUT2D eigenvalue weighted by molar-refractivity contribution is -0.150. The molecule has 2 atom stereocenters. The quantitative estimate of drug-likeness (QED) is 0.616. The minimum Gasteiger partial charge on any atom is -0.396 e. The molecular formula is C8H14O4. The Morgan fingerprint density at radius 1 is 1.50 bits per heavy atom. The Morgan fingerprint density at radius 3 is 2.67 bits per heavy atom. The summed E-state index contributed by atoms with van der Waals surface area (Å²) in [6.45, 7) is 3.51. The zero-order valence-corrected chi connectivity index (χ0v) is 7.32. The second-order valence-corrected chi connectivity index (χ2v) is 3.29. The van der Waals surface area contributed by atoms with Crippen molar-refractivity contribution in [3.8, 4) is 0 Å². The molecule has 1 heterocycles. The lowest BCUT2D eigenvalue weighted by Gasteiger charge is -2.16. The third-order valence-corrected chi connectivity index (χ3v) is 1.77. The van der Waals surface area contributed by atoms with Gasteiger partial charge in [0.2, 0.25) is 0 Å². The Bertz CT molecular complexity index is 166. The van der Waals surface area contributed by atoms with Gasteiger partial charge in [-0.1, -0.05) is 0 Å². The van der Waals surface area contributed by atoms with Crippen LogP contribution in [0.25, 0.3) is 0 Å². The predicted molar refractivity (Wildman–Crippen MR) is 41.6 cm³/mol. The number of rotatable bonds is 3. The van der Waals surface area contributed by atoms with Crippen molar-refractivity contribution < 1.29 is 19.4 Å². The molecule has 0 saturated carbocycles. The Labute approximate surface area is 71.5 Å². The molecular weight excluding hydrogens is 160 g/mol. The Kier molecular flexibility index (Phi) is 2.82. The van der Waals surface area contributed by atoms with Crippen molar-refractivity contribution in [1.82, 2.24) is 0 Å². The van der Waals surface area contributed by atoms with Crippen LogP contribution in [-0.2, 0) is 14.3 Å². The van der Waals surface area contributed by atoms with Crippen molar-refractivity contribution >= 4 is 6.29 Å². The van der Waals surface area contributed by atoms with Gasteiger partial charge < -0.3 is 19.4 Å². The van der Waals surface area contributed by atoms with E-state index in [0.29, 0.717) is 6.42 Å². The standard InChI is InChI=1S/C8H14O4/c1-8(2)11-6(3-4-9)7(5-10)12-8/h5-7,9H,3-4H2,1-2H3/t6-,7+/m0/s1. The smallest absolute Gasteiger partial charge is 0.164 e. The molecule has 1 N–H and O–H groups in total. The van der Waals surface area contributed by atoms with Gasteiger partial charge in [-0.2, -0.15) is 0 Å². The summed E-state index contributed by atoms with van der Waals surface area (Å²) < 4.78 is 10.6. The Balaban J connectivity index is 2.56. The van der Waals surface area contributed by atoms with Crippen LogP contribution in [0.1, 0.15) is 20.3 Å². The molecule has 0 aromatic heterocycles. The van der Waals surface area contributed by atoms with Crippen LogP contribution in [0, 0.1) is 0 Å². The van der Waals surface area contributed by atoms with E-state index in [4.69, 9.17) is 14.6 Å². The topological polar surface area (TPSA) is 55.8 Å². The first-order valence-corrected chi connectivity index (χ1v) is 4.01. The molecule has 4 heteroatoms. The molecule has 0 aromatic rings. The van der Waals surface area contributed by atoms with Crippen molar-refractivity contribution in [2.45, 2.75) is 38.3 Å². The highest BCUT2D eigenvalue weighted by Crippen LogP contribution is 2.28. The first-order valence-electron chi connectivity index (χ1n) is 4.01. The highest BCUT2D eigenvalue weighted by molar-refractivity contribution is 5.57. The average molecular weight is 174 g/mol. The molecule has 0 spiro atoms. The van der Waals surface area contributed by atoms with E-state index in [9.17, 15) is 4.79 Å². The second kappa shape index (κ2) is 3.51. The summed E-state index contributed by atoms with van der Waals surface area (Å²) in [5.41, 5.74) is 0. The maximum Gasteiger partial charge on any atom is 0.164 e. The normalized spacial score (nSPS) is 33.6. The highest BCUT2D eigenvalue weighted by atomic mass is 16.8. The van der Waals surface area contributed by atoms with Gasteiger partial charge >= 0.3 is 0 Å². The van der Waals surface area contributed by atoms with Gasteiger partial charge in [0.25, 0.3) is 0 Å². The molecule has 12 heavy (non-hydrogen) atoms. The third-order valence-electron chi connectivity index (χ3n) is 1.77. The maximum atomic E-state index is 10.5. The summed E-state index contributed by atoms with van der Waals surface area (Å²) in [6.07, 6.45) is 0.316. The molecule has 70 valence electrons. The van der Waals surface area contributed by atoms with Crippen LogP contribution < -0.4 is 0 Å². The Hall–Kier alpha value is -0.450. The summed E-state index contributed by atoms with van der Waals surface area (Å²) in [6, 6.07) is 0. The molecule has 0 unspecified atom stereocenters. The fourth-order valence-corrected chi connectivity index (χ4v) is 1.33. The Morgan fingerprint density at radius 2 is 2.17 bits per heavy atom. The molecule has 0 amide bonds. The van der Waals surface area contributed by atoms with Crippen LogP contribution in [0.3, 0.4) is 0 Å². The van der Waals surface area contributed by atoms with E-state index in [1.165, 1.54) is 0 Å². The predicted octanol–water partition coefficient (Wildman–Crippen LogP) is 0.0878. The van der Waals surface area contributed by atoms with Gasteiger partial charge in [-0.3, -0.25) is 0 Å². The van der Waals surface area contributed by atoms with Gasteiger partial charge in [0, 0.05) is 6.61 Å². The van der Waals surface area contributed by atoms with Crippen LogP contribution >= 0.6 is 0 Å². The second-order valence-electron chi connectivity index (χ2n) is 3.29. The summed E-state index contributed by atoms with van der Waals surface area (Å²) >= 11 is 0. The first-order chi connectivity index (χ1) is 5.59. The summed E-state index contributed by atoms with van der Waals surface area (Å²) in [5, 5.41) is 8.66. The highest BCUT2D eigenvalue weighted by Gasteiger charge is 2.40.